The maximum atomic E-state index is 12.7. The Labute approximate surface area is 186 Å². The molecule has 0 N–H and O–H groups in total. The first-order chi connectivity index (χ1) is 14.7. The monoisotopic (exact) mass is 498 g/mol. The van der Waals surface area contributed by atoms with E-state index < -0.39 is 11.7 Å². The molecule has 0 saturated carbocycles. The summed E-state index contributed by atoms with van der Waals surface area (Å²) in [7, 11) is 1.59. The molecule has 1 heterocycles. The molecule has 31 heavy (non-hydrogen) atoms. The maximum absolute atomic E-state index is 12.7. The third-order valence-electron chi connectivity index (χ3n) is 5.22. The summed E-state index contributed by atoms with van der Waals surface area (Å²) in [5.74, 6) is 0.404. The number of benzene rings is 2. The van der Waals surface area contributed by atoms with Crippen LogP contribution in [0.25, 0.3) is 0 Å². The van der Waals surface area contributed by atoms with Crippen molar-refractivity contribution in [2.45, 2.75) is 19.0 Å². The Hall–Kier alpha value is -2.55. The van der Waals surface area contributed by atoms with Gasteiger partial charge in [0.15, 0.2) is 0 Å². The van der Waals surface area contributed by atoms with Crippen LogP contribution in [0.3, 0.4) is 0 Å². The van der Waals surface area contributed by atoms with Gasteiger partial charge < -0.3 is 14.5 Å². The van der Waals surface area contributed by atoms with Crippen LogP contribution in [0.1, 0.15) is 27.9 Å². The van der Waals surface area contributed by atoms with E-state index in [9.17, 15) is 22.8 Å². The fraction of sp³-hybridized carbons (Fsp3) is 0.364. The van der Waals surface area contributed by atoms with Crippen molar-refractivity contribution in [2.75, 3.05) is 33.3 Å². The number of nitrogens with zero attached hydrogens (tertiary/aromatic N) is 2. The number of halogens is 4. The Balaban J connectivity index is 1.50. The zero-order valence-electron chi connectivity index (χ0n) is 16.9. The predicted octanol–water partition coefficient (Wildman–Crippen LogP) is 4.39. The number of carbonyl (C=O) groups excluding carboxylic acids is 2. The summed E-state index contributed by atoms with van der Waals surface area (Å²) in [6.45, 7) is 1.49. The smallest absolute Gasteiger partial charge is 0.416 e. The standard InChI is InChI=1S/C22H22BrF3N2O3/c1-31-19-8-2-15(14-18(19)23)3-9-20(29)27-10-12-28(13-11-27)21(30)16-4-6-17(7-5-16)22(24,25)26/h2,4-8,14H,3,9-13H2,1H3. The summed E-state index contributed by atoms with van der Waals surface area (Å²) >= 11 is 3.43. The molecule has 9 heteroatoms. The lowest BCUT2D eigenvalue weighted by Crippen LogP contribution is -2.50. The SMILES string of the molecule is COc1ccc(CCC(=O)N2CCN(C(=O)c3ccc(C(F)(F)F)cc3)CC2)cc1Br. The van der Waals surface area contributed by atoms with Crippen LogP contribution in [0, 0.1) is 0 Å². The predicted molar refractivity (Wildman–Crippen MR) is 113 cm³/mol. The van der Waals surface area contributed by atoms with Crippen molar-refractivity contribution < 1.29 is 27.5 Å². The van der Waals surface area contributed by atoms with Gasteiger partial charge in [0.05, 0.1) is 17.1 Å². The van der Waals surface area contributed by atoms with E-state index >= 15 is 0 Å². The van der Waals surface area contributed by atoms with Crippen molar-refractivity contribution in [3.8, 4) is 5.75 Å². The van der Waals surface area contributed by atoms with Crippen LogP contribution in [0.15, 0.2) is 46.9 Å². The highest BCUT2D eigenvalue weighted by atomic mass is 79.9. The molecule has 2 aromatic carbocycles. The van der Waals surface area contributed by atoms with Crippen molar-refractivity contribution in [2.24, 2.45) is 0 Å². The quantitative estimate of drug-likeness (QED) is 0.614. The van der Waals surface area contributed by atoms with Gasteiger partial charge in [-0.25, -0.2) is 0 Å². The molecule has 2 aromatic rings. The third-order valence-corrected chi connectivity index (χ3v) is 5.84. The molecule has 1 aliphatic heterocycles. The molecule has 0 unspecified atom stereocenters. The molecule has 0 spiro atoms. The normalized spacial score (nSPS) is 14.5. The van der Waals surface area contributed by atoms with Crippen LogP contribution in [0.5, 0.6) is 5.75 Å². The van der Waals surface area contributed by atoms with E-state index in [1.807, 2.05) is 18.2 Å². The molecule has 1 fully saturated rings. The zero-order valence-corrected chi connectivity index (χ0v) is 18.5. The summed E-state index contributed by atoms with van der Waals surface area (Å²) < 4.78 is 44.1. The molecule has 0 aliphatic carbocycles. The fourth-order valence-electron chi connectivity index (χ4n) is 3.42. The first-order valence-corrected chi connectivity index (χ1v) is 10.5. The van der Waals surface area contributed by atoms with Gasteiger partial charge in [-0.2, -0.15) is 13.2 Å². The number of methoxy groups -OCH3 is 1. The highest BCUT2D eigenvalue weighted by Crippen LogP contribution is 2.29. The number of hydrogen-bond acceptors (Lipinski definition) is 3. The summed E-state index contributed by atoms with van der Waals surface area (Å²) in [5, 5.41) is 0. The van der Waals surface area contributed by atoms with E-state index in [1.54, 1.807) is 16.9 Å². The highest BCUT2D eigenvalue weighted by molar-refractivity contribution is 9.10. The van der Waals surface area contributed by atoms with E-state index in [0.29, 0.717) is 39.0 Å². The number of aryl methyl sites for hydroxylation is 1. The number of ether oxygens (including phenoxy) is 1. The summed E-state index contributed by atoms with van der Waals surface area (Å²) in [5.41, 5.74) is 0.429. The molecule has 0 radical (unpaired) electrons. The van der Waals surface area contributed by atoms with Crippen molar-refractivity contribution in [3.63, 3.8) is 0 Å². The number of carbonyl (C=O) groups is 2. The number of piperazine rings is 1. The Kier molecular flexibility index (Phi) is 7.25. The average Bonchev–Trinajstić information content (AvgIpc) is 2.76. The van der Waals surface area contributed by atoms with Crippen LogP contribution in [-0.2, 0) is 17.4 Å². The van der Waals surface area contributed by atoms with Crippen molar-refractivity contribution in [3.05, 3.63) is 63.6 Å². The number of alkyl halides is 3. The van der Waals surface area contributed by atoms with Gasteiger partial charge >= 0.3 is 6.18 Å². The van der Waals surface area contributed by atoms with Gasteiger partial charge in [0.25, 0.3) is 5.91 Å². The molecule has 0 aromatic heterocycles. The summed E-state index contributed by atoms with van der Waals surface area (Å²) in [6.07, 6.45) is -3.49. The van der Waals surface area contributed by atoms with Gasteiger partial charge in [0.2, 0.25) is 5.91 Å². The van der Waals surface area contributed by atoms with Gasteiger partial charge in [0.1, 0.15) is 5.75 Å². The molecular formula is C22H22BrF3N2O3. The second kappa shape index (κ2) is 9.72. The Bertz CT molecular complexity index is 940. The van der Waals surface area contributed by atoms with Gasteiger partial charge in [-0.3, -0.25) is 9.59 Å². The van der Waals surface area contributed by atoms with E-state index in [1.165, 1.54) is 12.1 Å². The summed E-state index contributed by atoms with van der Waals surface area (Å²) in [6, 6.07) is 9.88. The average molecular weight is 499 g/mol. The second-order valence-corrected chi connectivity index (χ2v) is 8.07. The van der Waals surface area contributed by atoms with Crippen molar-refractivity contribution >= 4 is 27.7 Å². The van der Waals surface area contributed by atoms with Crippen molar-refractivity contribution in [1.29, 1.82) is 0 Å². The van der Waals surface area contributed by atoms with Crippen LogP contribution < -0.4 is 4.74 Å². The Morgan fingerprint density at radius 3 is 2.16 bits per heavy atom. The first kappa shape index (κ1) is 23.1. The summed E-state index contributed by atoms with van der Waals surface area (Å²) in [4.78, 5) is 28.4. The lowest BCUT2D eigenvalue weighted by Gasteiger charge is -2.35. The molecule has 5 nitrogen and oxygen atoms in total. The number of amides is 2. The van der Waals surface area contributed by atoms with Gasteiger partial charge in [-0.1, -0.05) is 6.07 Å². The maximum Gasteiger partial charge on any atom is 0.416 e. The lowest BCUT2D eigenvalue weighted by molar-refractivity contribution is -0.137. The van der Waals surface area contributed by atoms with E-state index in [-0.39, 0.29) is 17.4 Å². The van der Waals surface area contributed by atoms with Crippen LogP contribution in [0.2, 0.25) is 0 Å². The third kappa shape index (κ3) is 5.78. The van der Waals surface area contributed by atoms with E-state index in [0.717, 1.165) is 27.9 Å². The van der Waals surface area contributed by atoms with Gasteiger partial charge in [-0.05, 0) is 64.3 Å². The Morgan fingerprint density at radius 1 is 1.00 bits per heavy atom. The van der Waals surface area contributed by atoms with E-state index in [4.69, 9.17) is 4.74 Å². The minimum Gasteiger partial charge on any atom is -0.496 e. The first-order valence-electron chi connectivity index (χ1n) is 9.76. The van der Waals surface area contributed by atoms with Gasteiger partial charge in [0, 0.05) is 38.2 Å². The lowest BCUT2D eigenvalue weighted by atomic mass is 10.1. The zero-order chi connectivity index (χ0) is 22.6. The largest absolute Gasteiger partial charge is 0.496 e. The molecular weight excluding hydrogens is 477 g/mol. The second-order valence-electron chi connectivity index (χ2n) is 7.22. The molecule has 0 bridgehead atoms. The Morgan fingerprint density at radius 2 is 1.61 bits per heavy atom. The molecule has 2 amide bonds. The molecule has 0 atom stereocenters. The van der Waals surface area contributed by atoms with Crippen LogP contribution in [-0.4, -0.2) is 54.9 Å². The number of hydrogen-bond donors (Lipinski definition) is 0. The van der Waals surface area contributed by atoms with Gasteiger partial charge in [-0.15, -0.1) is 0 Å². The highest BCUT2D eigenvalue weighted by Gasteiger charge is 2.31. The molecule has 3 rings (SSSR count). The fourth-order valence-corrected chi connectivity index (χ4v) is 4.01. The molecule has 1 aliphatic rings. The molecule has 166 valence electrons. The van der Waals surface area contributed by atoms with E-state index in [2.05, 4.69) is 15.9 Å². The van der Waals surface area contributed by atoms with Crippen LogP contribution in [0.4, 0.5) is 13.2 Å². The minimum atomic E-state index is -4.44. The van der Waals surface area contributed by atoms with Crippen LogP contribution >= 0.6 is 15.9 Å². The molecule has 1 saturated heterocycles. The van der Waals surface area contributed by atoms with Crippen molar-refractivity contribution in [1.82, 2.24) is 9.80 Å². The topological polar surface area (TPSA) is 49.9 Å². The number of rotatable bonds is 5. The minimum absolute atomic E-state index is 0.00793.